The summed E-state index contributed by atoms with van der Waals surface area (Å²) in [5.41, 5.74) is 2.32. The van der Waals surface area contributed by atoms with Crippen LogP contribution in [0.5, 0.6) is 0 Å². The molecule has 8 heteroatoms. The van der Waals surface area contributed by atoms with Crippen molar-refractivity contribution in [2.45, 2.75) is 58.5 Å². The van der Waals surface area contributed by atoms with Crippen molar-refractivity contribution in [2.75, 3.05) is 32.7 Å². The van der Waals surface area contributed by atoms with E-state index in [1.807, 2.05) is 0 Å². The van der Waals surface area contributed by atoms with Crippen LogP contribution in [0.2, 0.25) is 0 Å². The molecule has 28 heavy (non-hydrogen) atoms. The van der Waals surface area contributed by atoms with Gasteiger partial charge in [-0.3, -0.25) is 14.6 Å². The van der Waals surface area contributed by atoms with Crippen molar-refractivity contribution in [1.29, 1.82) is 0 Å². The molecule has 0 atom stereocenters. The van der Waals surface area contributed by atoms with E-state index in [4.69, 9.17) is 4.52 Å². The molecule has 2 aromatic heterocycles. The lowest BCUT2D eigenvalue weighted by molar-refractivity contribution is 0.113. The second-order valence-electron chi connectivity index (χ2n) is 8.20. The zero-order valence-corrected chi connectivity index (χ0v) is 16.9. The molecule has 1 aliphatic carbocycles. The largest absolute Gasteiger partial charge is 0.338 e. The second kappa shape index (κ2) is 8.53. The van der Waals surface area contributed by atoms with E-state index in [2.05, 4.69) is 38.9 Å². The molecular formula is C20H30N6O2. The summed E-state index contributed by atoms with van der Waals surface area (Å²) in [4.78, 5) is 21.5. The van der Waals surface area contributed by atoms with E-state index in [0.29, 0.717) is 19.0 Å². The van der Waals surface area contributed by atoms with Crippen molar-refractivity contribution in [2.24, 2.45) is 0 Å². The van der Waals surface area contributed by atoms with Gasteiger partial charge in [0.05, 0.1) is 18.8 Å². The van der Waals surface area contributed by atoms with Crippen LogP contribution in [-0.2, 0) is 25.9 Å². The summed E-state index contributed by atoms with van der Waals surface area (Å²) < 4.78 is 7.01. The molecule has 1 saturated heterocycles. The summed E-state index contributed by atoms with van der Waals surface area (Å²) in [7, 11) is 0. The molecular weight excluding hydrogens is 356 g/mol. The Hall–Kier alpha value is -2.06. The van der Waals surface area contributed by atoms with E-state index < -0.39 is 0 Å². The monoisotopic (exact) mass is 386 g/mol. The SMILES string of the molecule is CC(C)c1noc(CN2CCN(CCn3nc4c(cc3=O)CCCC4)CC2)n1. The fraction of sp³-hybridized carbons (Fsp3) is 0.700. The highest BCUT2D eigenvalue weighted by Gasteiger charge is 2.20. The first-order valence-corrected chi connectivity index (χ1v) is 10.5. The van der Waals surface area contributed by atoms with Crippen molar-refractivity contribution >= 4 is 0 Å². The minimum atomic E-state index is 0.0386. The summed E-state index contributed by atoms with van der Waals surface area (Å²) in [6.07, 6.45) is 4.35. The van der Waals surface area contributed by atoms with Crippen LogP contribution in [0.25, 0.3) is 0 Å². The van der Waals surface area contributed by atoms with Crippen LogP contribution in [-0.4, -0.2) is 62.4 Å². The number of aromatic nitrogens is 4. The third-order valence-electron chi connectivity index (χ3n) is 5.73. The van der Waals surface area contributed by atoms with Gasteiger partial charge in [0.2, 0.25) is 5.89 Å². The third-order valence-corrected chi connectivity index (χ3v) is 5.73. The summed E-state index contributed by atoms with van der Waals surface area (Å²) in [6.45, 7) is 10.2. The second-order valence-corrected chi connectivity index (χ2v) is 8.20. The lowest BCUT2D eigenvalue weighted by Gasteiger charge is -2.33. The van der Waals surface area contributed by atoms with E-state index in [1.165, 1.54) is 12.8 Å². The normalized spacial score (nSPS) is 18.5. The highest BCUT2D eigenvalue weighted by Crippen LogP contribution is 2.17. The Morgan fingerprint density at radius 2 is 1.82 bits per heavy atom. The predicted molar refractivity (Wildman–Crippen MR) is 105 cm³/mol. The fourth-order valence-corrected chi connectivity index (χ4v) is 3.93. The number of aryl methyl sites for hydroxylation is 2. The fourth-order valence-electron chi connectivity index (χ4n) is 3.93. The number of nitrogens with zero attached hydrogens (tertiary/aromatic N) is 6. The van der Waals surface area contributed by atoms with Gasteiger partial charge in [0, 0.05) is 44.7 Å². The van der Waals surface area contributed by atoms with Gasteiger partial charge in [0.15, 0.2) is 5.82 Å². The van der Waals surface area contributed by atoms with Crippen LogP contribution in [0.4, 0.5) is 0 Å². The Bertz CT molecular complexity index is 851. The van der Waals surface area contributed by atoms with Gasteiger partial charge in [-0.2, -0.15) is 10.1 Å². The number of rotatable bonds is 6. The van der Waals surface area contributed by atoms with Gasteiger partial charge >= 0.3 is 0 Å². The van der Waals surface area contributed by atoms with E-state index in [-0.39, 0.29) is 11.5 Å². The smallest absolute Gasteiger partial charge is 0.267 e. The van der Waals surface area contributed by atoms with Gasteiger partial charge in [0.1, 0.15) is 0 Å². The van der Waals surface area contributed by atoms with Crippen LogP contribution >= 0.6 is 0 Å². The molecule has 3 heterocycles. The molecule has 2 aliphatic rings. The minimum Gasteiger partial charge on any atom is -0.338 e. The lowest BCUT2D eigenvalue weighted by atomic mass is 9.97. The maximum Gasteiger partial charge on any atom is 0.267 e. The molecule has 8 nitrogen and oxygen atoms in total. The number of hydrogen-bond donors (Lipinski definition) is 0. The molecule has 0 spiro atoms. The van der Waals surface area contributed by atoms with E-state index in [0.717, 1.165) is 62.6 Å². The van der Waals surface area contributed by atoms with Crippen molar-refractivity contribution in [3.8, 4) is 0 Å². The van der Waals surface area contributed by atoms with Gasteiger partial charge in [-0.1, -0.05) is 19.0 Å². The third kappa shape index (κ3) is 4.50. The van der Waals surface area contributed by atoms with Crippen LogP contribution in [0, 0.1) is 0 Å². The molecule has 1 aliphatic heterocycles. The number of hydrogen-bond acceptors (Lipinski definition) is 7. The molecule has 4 rings (SSSR count). The van der Waals surface area contributed by atoms with E-state index in [1.54, 1.807) is 10.7 Å². The lowest BCUT2D eigenvalue weighted by Crippen LogP contribution is -2.47. The summed E-state index contributed by atoms with van der Waals surface area (Å²) in [5.74, 6) is 1.76. The first-order chi connectivity index (χ1) is 13.6. The Morgan fingerprint density at radius 1 is 1.07 bits per heavy atom. The first-order valence-electron chi connectivity index (χ1n) is 10.5. The summed E-state index contributed by atoms with van der Waals surface area (Å²) in [6, 6.07) is 1.80. The van der Waals surface area contributed by atoms with E-state index >= 15 is 0 Å². The van der Waals surface area contributed by atoms with Gasteiger partial charge in [-0.25, -0.2) is 4.68 Å². The Morgan fingerprint density at radius 3 is 2.57 bits per heavy atom. The molecule has 0 radical (unpaired) electrons. The molecule has 0 bridgehead atoms. The zero-order valence-electron chi connectivity index (χ0n) is 16.9. The molecule has 0 saturated carbocycles. The topological polar surface area (TPSA) is 80.3 Å². The number of fused-ring (bicyclic) bond motifs is 1. The van der Waals surface area contributed by atoms with Crippen LogP contribution in [0.1, 0.15) is 55.6 Å². The Balaban J connectivity index is 1.26. The van der Waals surface area contributed by atoms with Crippen molar-refractivity contribution in [3.63, 3.8) is 0 Å². The molecule has 0 amide bonds. The maximum atomic E-state index is 12.3. The van der Waals surface area contributed by atoms with Crippen molar-refractivity contribution < 1.29 is 4.52 Å². The van der Waals surface area contributed by atoms with Gasteiger partial charge in [-0.15, -0.1) is 0 Å². The number of piperazine rings is 1. The van der Waals surface area contributed by atoms with Gasteiger partial charge in [-0.05, 0) is 31.2 Å². The Kier molecular flexibility index (Phi) is 5.87. The average molecular weight is 387 g/mol. The van der Waals surface area contributed by atoms with Crippen LogP contribution < -0.4 is 5.56 Å². The van der Waals surface area contributed by atoms with Crippen LogP contribution in [0.15, 0.2) is 15.4 Å². The molecule has 0 unspecified atom stereocenters. The molecule has 0 N–H and O–H groups in total. The van der Waals surface area contributed by atoms with Gasteiger partial charge in [0.25, 0.3) is 5.56 Å². The predicted octanol–water partition coefficient (Wildman–Crippen LogP) is 1.45. The Labute approximate surface area is 165 Å². The maximum absolute atomic E-state index is 12.3. The van der Waals surface area contributed by atoms with Crippen molar-refractivity contribution in [3.05, 3.63) is 39.4 Å². The van der Waals surface area contributed by atoms with Crippen molar-refractivity contribution in [1.82, 2.24) is 29.7 Å². The average Bonchev–Trinajstić information content (AvgIpc) is 3.16. The quantitative estimate of drug-likeness (QED) is 0.743. The van der Waals surface area contributed by atoms with Crippen LogP contribution in [0.3, 0.4) is 0 Å². The van der Waals surface area contributed by atoms with E-state index in [9.17, 15) is 4.79 Å². The summed E-state index contributed by atoms with van der Waals surface area (Å²) in [5, 5.41) is 8.66. The first kappa shape index (κ1) is 19.3. The standard InChI is InChI=1S/C20H30N6O2/c1-15(2)20-21-18(28-23-20)14-25-9-7-24(8-10-25)11-12-26-19(27)13-16-5-3-4-6-17(16)22-26/h13,15H,3-12,14H2,1-2H3. The summed E-state index contributed by atoms with van der Waals surface area (Å²) >= 11 is 0. The highest BCUT2D eigenvalue weighted by molar-refractivity contribution is 5.20. The van der Waals surface area contributed by atoms with Gasteiger partial charge < -0.3 is 4.52 Å². The molecule has 1 fully saturated rings. The zero-order chi connectivity index (χ0) is 19.5. The molecule has 152 valence electrons. The minimum absolute atomic E-state index is 0.0386. The molecule has 2 aromatic rings. The molecule has 0 aromatic carbocycles. The highest BCUT2D eigenvalue weighted by atomic mass is 16.5.